The fourth-order valence-electron chi connectivity index (χ4n) is 3.40. The van der Waals surface area contributed by atoms with Crippen molar-refractivity contribution in [3.8, 4) is 0 Å². The highest BCUT2D eigenvalue weighted by atomic mass is 32.2. The first-order valence-corrected chi connectivity index (χ1v) is 12.4. The summed E-state index contributed by atoms with van der Waals surface area (Å²) in [6, 6.07) is 16.3. The molecule has 0 heterocycles. The molecule has 3 aromatic carbocycles. The minimum atomic E-state index is -4.42. The second-order valence-electron chi connectivity index (χ2n) is 7.13. The van der Waals surface area contributed by atoms with Gasteiger partial charge in [0.2, 0.25) is 19.9 Å². The number of benzene rings is 3. The van der Waals surface area contributed by atoms with Crippen molar-refractivity contribution in [2.75, 3.05) is 0 Å². The Bertz CT molecular complexity index is 1290. The SMILES string of the molecule is CCc1ccc(CC(O)(c2ccccc2)S(=O)(=O)c2ccc(F)cc2)cc1S(N)(=O)=O. The Balaban J connectivity index is 2.19. The number of halogens is 1. The van der Waals surface area contributed by atoms with Gasteiger partial charge in [0.1, 0.15) is 5.82 Å². The van der Waals surface area contributed by atoms with Gasteiger partial charge in [0.15, 0.2) is 4.93 Å². The minimum Gasteiger partial charge on any atom is -0.370 e. The molecule has 164 valence electrons. The number of sulfonamides is 1. The number of hydrogen-bond donors (Lipinski definition) is 2. The van der Waals surface area contributed by atoms with Crippen molar-refractivity contribution in [1.29, 1.82) is 0 Å². The van der Waals surface area contributed by atoms with Crippen LogP contribution < -0.4 is 5.14 Å². The van der Waals surface area contributed by atoms with E-state index in [9.17, 15) is 26.3 Å². The van der Waals surface area contributed by atoms with E-state index >= 15 is 0 Å². The number of nitrogens with two attached hydrogens (primary N) is 1. The largest absolute Gasteiger partial charge is 0.370 e. The van der Waals surface area contributed by atoms with E-state index in [0.29, 0.717) is 12.0 Å². The number of primary sulfonamides is 1. The predicted molar refractivity (Wildman–Crippen MR) is 115 cm³/mol. The average molecular weight is 464 g/mol. The van der Waals surface area contributed by atoms with Gasteiger partial charge in [-0.2, -0.15) is 0 Å². The minimum absolute atomic E-state index is 0.0936. The van der Waals surface area contributed by atoms with Crippen LogP contribution in [0.5, 0.6) is 0 Å². The van der Waals surface area contributed by atoms with E-state index in [1.54, 1.807) is 37.3 Å². The van der Waals surface area contributed by atoms with Crippen LogP contribution in [0.25, 0.3) is 0 Å². The molecular weight excluding hydrogens is 441 g/mol. The first kappa shape index (κ1) is 23.1. The molecule has 6 nitrogen and oxygen atoms in total. The van der Waals surface area contributed by atoms with Gasteiger partial charge in [-0.25, -0.2) is 26.4 Å². The summed E-state index contributed by atoms with van der Waals surface area (Å²) in [5.74, 6) is -0.616. The monoisotopic (exact) mass is 463 g/mol. The van der Waals surface area contributed by atoms with E-state index in [0.717, 1.165) is 24.3 Å². The molecule has 3 N–H and O–H groups in total. The standard InChI is InChI=1S/C22H22FNO5S2/c1-2-17-9-8-16(14-21(17)31(24,28)29)15-22(25,18-6-4-3-5-7-18)30(26,27)20-12-10-19(23)11-13-20/h3-14,25H,2,15H2,1H3,(H2,24,28,29). The number of aliphatic hydroxyl groups is 1. The lowest BCUT2D eigenvalue weighted by Crippen LogP contribution is -2.38. The molecule has 0 amide bonds. The molecule has 0 aliphatic carbocycles. The number of hydrogen-bond acceptors (Lipinski definition) is 5. The van der Waals surface area contributed by atoms with Crippen molar-refractivity contribution >= 4 is 19.9 Å². The molecule has 3 aromatic rings. The molecule has 3 rings (SSSR count). The molecule has 1 unspecified atom stereocenters. The summed E-state index contributed by atoms with van der Waals surface area (Å²) in [6.07, 6.45) is -0.0356. The molecule has 0 aliphatic heterocycles. The third-order valence-corrected chi connectivity index (χ3v) is 8.21. The summed E-state index contributed by atoms with van der Waals surface area (Å²) in [4.78, 5) is -2.82. The zero-order chi connectivity index (χ0) is 22.9. The smallest absolute Gasteiger partial charge is 0.238 e. The molecule has 0 fully saturated rings. The normalized spacial score (nSPS) is 14.2. The van der Waals surface area contributed by atoms with E-state index in [1.165, 1.54) is 18.2 Å². The van der Waals surface area contributed by atoms with Gasteiger partial charge < -0.3 is 5.11 Å². The Hall–Kier alpha value is -2.59. The topological polar surface area (TPSA) is 115 Å². The Morgan fingerprint density at radius 1 is 0.935 bits per heavy atom. The number of rotatable bonds is 7. The van der Waals surface area contributed by atoms with Crippen molar-refractivity contribution in [3.05, 3.63) is 95.3 Å². The summed E-state index contributed by atoms with van der Waals surface area (Å²) in [6.45, 7) is 1.77. The van der Waals surface area contributed by atoms with Crippen LogP contribution in [-0.4, -0.2) is 21.9 Å². The maximum Gasteiger partial charge on any atom is 0.238 e. The number of aryl methyl sites for hydroxylation is 1. The first-order valence-electron chi connectivity index (χ1n) is 9.42. The Morgan fingerprint density at radius 3 is 2.10 bits per heavy atom. The lowest BCUT2D eigenvalue weighted by atomic mass is 9.99. The van der Waals surface area contributed by atoms with Crippen LogP contribution in [0.4, 0.5) is 4.39 Å². The predicted octanol–water partition coefficient (Wildman–Crippen LogP) is 2.90. The van der Waals surface area contributed by atoms with Crippen LogP contribution in [0.1, 0.15) is 23.6 Å². The molecule has 0 saturated carbocycles. The third kappa shape index (κ3) is 4.54. The van der Waals surface area contributed by atoms with Gasteiger partial charge in [-0.05, 0) is 53.4 Å². The Kier molecular flexibility index (Phi) is 6.33. The van der Waals surface area contributed by atoms with Gasteiger partial charge in [-0.3, -0.25) is 0 Å². The summed E-state index contributed by atoms with van der Waals surface area (Å²) in [7, 11) is -8.48. The lowest BCUT2D eigenvalue weighted by molar-refractivity contribution is 0.124. The molecular formula is C22H22FNO5S2. The fraction of sp³-hybridized carbons (Fsp3) is 0.182. The van der Waals surface area contributed by atoms with Gasteiger partial charge in [0, 0.05) is 6.42 Å². The van der Waals surface area contributed by atoms with E-state index in [4.69, 9.17) is 5.14 Å². The molecule has 0 aromatic heterocycles. The molecule has 9 heteroatoms. The molecule has 1 atom stereocenters. The molecule has 0 saturated heterocycles. The summed E-state index contributed by atoms with van der Waals surface area (Å²) < 4.78 is 64.3. The summed E-state index contributed by atoms with van der Waals surface area (Å²) in [5.41, 5.74) is 0.838. The highest BCUT2D eigenvalue weighted by Gasteiger charge is 2.44. The van der Waals surface area contributed by atoms with Gasteiger partial charge >= 0.3 is 0 Å². The van der Waals surface area contributed by atoms with Crippen molar-refractivity contribution in [1.82, 2.24) is 0 Å². The molecule has 31 heavy (non-hydrogen) atoms. The molecule has 0 radical (unpaired) electrons. The zero-order valence-electron chi connectivity index (χ0n) is 16.7. The quantitative estimate of drug-likeness (QED) is 0.523. The van der Waals surface area contributed by atoms with Crippen LogP contribution in [0, 0.1) is 5.82 Å². The van der Waals surface area contributed by atoms with E-state index < -0.39 is 37.0 Å². The van der Waals surface area contributed by atoms with Crippen LogP contribution in [0.3, 0.4) is 0 Å². The van der Waals surface area contributed by atoms with Gasteiger partial charge in [0.25, 0.3) is 0 Å². The first-order chi connectivity index (χ1) is 14.5. The van der Waals surface area contributed by atoms with Crippen LogP contribution in [0.2, 0.25) is 0 Å². The molecule has 0 aliphatic rings. The highest BCUT2D eigenvalue weighted by Crippen LogP contribution is 2.37. The van der Waals surface area contributed by atoms with Crippen LogP contribution in [0.15, 0.2) is 82.6 Å². The second kappa shape index (κ2) is 8.51. The molecule has 0 spiro atoms. The van der Waals surface area contributed by atoms with Gasteiger partial charge in [-0.15, -0.1) is 0 Å². The van der Waals surface area contributed by atoms with Crippen molar-refractivity contribution < 1.29 is 26.3 Å². The highest BCUT2D eigenvalue weighted by molar-refractivity contribution is 7.92. The summed E-state index contributed by atoms with van der Waals surface area (Å²) in [5, 5.41) is 16.9. The van der Waals surface area contributed by atoms with Crippen LogP contribution >= 0.6 is 0 Å². The van der Waals surface area contributed by atoms with E-state index in [-0.39, 0.29) is 20.9 Å². The maximum atomic E-state index is 13.5. The van der Waals surface area contributed by atoms with Crippen molar-refractivity contribution in [2.24, 2.45) is 5.14 Å². The molecule has 0 bridgehead atoms. The van der Waals surface area contributed by atoms with Crippen LogP contribution in [-0.2, 0) is 37.6 Å². The zero-order valence-corrected chi connectivity index (χ0v) is 18.3. The van der Waals surface area contributed by atoms with Gasteiger partial charge in [0.05, 0.1) is 9.79 Å². The van der Waals surface area contributed by atoms with Crippen molar-refractivity contribution in [2.45, 2.75) is 34.5 Å². The Labute approximate surface area is 181 Å². The van der Waals surface area contributed by atoms with E-state index in [1.807, 2.05) is 0 Å². The Morgan fingerprint density at radius 2 is 1.55 bits per heavy atom. The van der Waals surface area contributed by atoms with Crippen molar-refractivity contribution in [3.63, 3.8) is 0 Å². The average Bonchev–Trinajstić information content (AvgIpc) is 2.74. The fourth-order valence-corrected chi connectivity index (χ4v) is 5.98. The second-order valence-corrected chi connectivity index (χ2v) is 10.8. The third-order valence-electron chi connectivity index (χ3n) is 5.06. The summed E-state index contributed by atoms with van der Waals surface area (Å²) >= 11 is 0. The lowest BCUT2D eigenvalue weighted by Gasteiger charge is -2.29. The van der Waals surface area contributed by atoms with Gasteiger partial charge in [-0.1, -0.05) is 49.4 Å². The van der Waals surface area contributed by atoms with E-state index in [2.05, 4.69) is 0 Å². The number of sulfone groups is 1. The maximum absolute atomic E-state index is 13.5.